The molecule has 0 atom stereocenters. The Morgan fingerprint density at radius 1 is 0.944 bits per heavy atom. The van der Waals surface area contributed by atoms with E-state index in [9.17, 15) is 8.78 Å². The molecule has 0 heterocycles. The highest BCUT2D eigenvalue weighted by atomic mass is 19.1. The first kappa shape index (κ1) is 12.5. The zero-order valence-electron chi connectivity index (χ0n) is 9.57. The minimum atomic E-state index is -0.623. The van der Waals surface area contributed by atoms with Crippen LogP contribution in [0.5, 0.6) is 5.75 Å². The van der Waals surface area contributed by atoms with E-state index in [-0.39, 0.29) is 18.8 Å². The smallest absolute Gasteiger partial charge is 0.132 e. The molecule has 0 bridgehead atoms. The maximum Gasteiger partial charge on any atom is 0.132 e. The molecule has 0 saturated carbocycles. The number of hydrogen-bond donors (Lipinski definition) is 1. The van der Waals surface area contributed by atoms with Crippen molar-refractivity contribution in [3.8, 4) is 5.75 Å². The fourth-order valence-corrected chi connectivity index (χ4v) is 1.52. The minimum absolute atomic E-state index is 0.0534. The van der Waals surface area contributed by atoms with Crippen LogP contribution < -0.4 is 4.74 Å². The fraction of sp³-hybridized carbons (Fsp3) is 0.143. The molecule has 0 fully saturated rings. The van der Waals surface area contributed by atoms with Gasteiger partial charge in [-0.2, -0.15) is 0 Å². The molecule has 2 nitrogen and oxygen atoms in total. The van der Waals surface area contributed by atoms with E-state index in [2.05, 4.69) is 0 Å². The number of hydrogen-bond acceptors (Lipinski definition) is 2. The molecule has 0 spiro atoms. The molecule has 0 aromatic heterocycles. The molecule has 2 aromatic rings. The monoisotopic (exact) mass is 250 g/mol. The maximum absolute atomic E-state index is 13.3. The van der Waals surface area contributed by atoms with Gasteiger partial charge in [0.1, 0.15) is 24.0 Å². The van der Waals surface area contributed by atoms with Crippen molar-refractivity contribution in [2.24, 2.45) is 0 Å². The Kier molecular flexibility index (Phi) is 3.89. The molecule has 0 aliphatic heterocycles. The van der Waals surface area contributed by atoms with Crippen LogP contribution in [0.1, 0.15) is 11.1 Å². The molecule has 2 aromatic carbocycles. The van der Waals surface area contributed by atoms with E-state index >= 15 is 0 Å². The summed E-state index contributed by atoms with van der Waals surface area (Å²) in [4.78, 5) is 0. The molecule has 1 N–H and O–H groups in total. The molecule has 0 saturated heterocycles. The maximum atomic E-state index is 13.3. The summed E-state index contributed by atoms with van der Waals surface area (Å²) in [7, 11) is 0. The molecular formula is C14H12F2O2. The zero-order valence-corrected chi connectivity index (χ0v) is 9.57. The number of ether oxygens (including phenoxy) is 1. The fourth-order valence-electron chi connectivity index (χ4n) is 1.52. The van der Waals surface area contributed by atoms with Gasteiger partial charge in [-0.15, -0.1) is 0 Å². The van der Waals surface area contributed by atoms with Crippen LogP contribution >= 0.6 is 0 Å². The van der Waals surface area contributed by atoms with Crippen molar-refractivity contribution in [1.82, 2.24) is 0 Å². The first-order valence-electron chi connectivity index (χ1n) is 5.46. The van der Waals surface area contributed by atoms with E-state index < -0.39 is 11.6 Å². The SMILES string of the molecule is OCc1ccc(OCc2c(F)cccc2F)cc1. The predicted molar refractivity (Wildman–Crippen MR) is 63.1 cm³/mol. The average molecular weight is 250 g/mol. The summed E-state index contributed by atoms with van der Waals surface area (Å²) in [5, 5.41) is 8.87. The summed E-state index contributed by atoms with van der Waals surface area (Å²) in [5.41, 5.74) is 0.656. The Labute approximate surface area is 103 Å². The van der Waals surface area contributed by atoms with Crippen LogP contribution in [0.4, 0.5) is 8.78 Å². The van der Waals surface area contributed by atoms with Crippen LogP contribution in [0, 0.1) is 11.6 Å². The minimum Gasteiger partial charge on any atom is -0.489 e. The van der Waals surface area contributed by atoms with Crippen molar-refractivity contribution in [2.45, 2.75) is 13.2 Å². The average Bonchev–Trinajstić information content (AvgIpc) is 2.39. The highest BCUT2D eigenvalue weighted by molar-refractivity contribution is 5.27. The number of halogens is 2. The topological polar surface area (TPSA) is 29.5 Å². The predicted octanol–water partition coefficient (Wildman–Crippen LogP) is 3.04. The van der Waals surface area contributed by atoms with Gasteiger partial charge >= 0.3 is 0 Å². The van der Waals surface area contributed by atoms with Crippen molar-refractivity contribution < 1.29 is 18.6 Å². The van der Waals surface area contributed by atoms with Crippen LogP contribution in [-0.4, -0.2) is 5.11 Å². The van der Waals surface area contributed by atoms with E-state index in [4.69, 9.17) is 9.84 Å². The van der Waals surface area contributed by atoms with Gasteiger partial charge < -0.3 is 9.84 Å². The van der Waals surface area contributed by atoms with E-state index in [1.807, 2.05) is 0 Å². The Hall–Kier alpha value is -1.94. The van der Waals surface area contributed by atoms with Crippen LogP contribution in [0.25, 0.3) is 0 Å². The molecule has 0 radical (unpaired) electrons. The van der Waals surface area contributed by atoms with Gasteiger partial charge in [-0.25, -0.2) is 8.78 Å². The molecule has 4 heteroatoms. The Morgan fingerprint density at radius 3 is 2.11 bits per heavy atom. The van der Waals surface area contributed by atoms with E-state index in [0.29, 0.717) is 5.75 Å². The number of aliphatic hydroxyl groups is 1. The van der Waals surface area contributed by atoms with Crippen molar-refractivity contribution in [3.63, 3.8) is 0 Å². The Bertz CT molecular complexity index is 504. The molecule has 2 rings (SSSR count). The van der Waals surface area contributed by atoms with Crippen molar-refractivity contribution in [1.29, 1.82) is 0 Å². The van der Waals surface area contributed by atoms with Gasteiger partial charge in [0.25, 0.3) is 0 Å². The molecule has 94 valence electrons. The second-order valence-corrected chi connectivity index (χ2v) is 3.79. The van der Waals surface area contributed by atoms with Crippen molar-refractivity contribution >= 4 is 0 Å². The van der Waals surface area contributed by atoms with E-state index in [1.54, 1.807) is 24.3 Å². The molecule has 0 aliphatic carbocycles. The number of benzene rings is 2. The molecular weight excluding hydrogens is 238 g/mol. The Balaban J connectivity index is 2.06. The van der Waals surface area contributed by atoms with Gasteiger partial charge in [-0.05, 0) is 29.8 Å². The van der Waals surface area contributed by atoms with E-state index in [1.165, 1.54) is 18.2 Å². The van der Waals surface area contributed by atoms with Crippen LogP contribution in [0.2, 0.25) is 0 Å². The summed E-state index contributed by atoms with van der Waals surface area (Å²) >= 11 is 0. The summed E-state index contributed by atoms with van der Waals surface area (Å²) in [6.07, 6.45) is 0. The highest BCUT2D eigenvalue weighted by Crippen LogP contribution is 2.17. The normalized spacial score (nSPS) is 10.4. The quantitative estimate of drug-likeness (QED) is 0.903. The van der Waals surface area contributed by atoms with Gasteiger partial charge in [0.2, 0.25) is 0 Å². The molecule has 0 amide bonds. The van der Waals surface area contributed by atoms with Crippen molar-refractivity contribution in [3.05, 3.63) is 65.2 Å². The Morgan fingerprint density at radius 2 is 1.56 bits per heavy atom. The van der Waals surface area contributed by atoms with Crippen molar-refractivity contribution in [2.75, 3.05) is 0 Å². The lowest BCUT2D eigenvalue weighted by Crippen LogP contribution is -2.01. The zero-order chi connectivity index (χ0) is 13.0. The summed E-state index contributed by atoms with van der Waals surface area (Å²) < 4.78 is 31.9. The number of aliphatic hydroxyl groups excluding tert-OH is 1. The van der Waals surface area contributed by atoms with Crippen LogP contribution in [0.3, 0.4) is 0 Å². The van der Waals surface area contributed by atoms with E-state index in [0.717, 1.165) is 5.56 Å². The number of rotatable bonds is 4. The lowest BCUT2D eigenvalue weighted by atomic mass is 10.2. The summed E-state index contributed by atoms with van der Waals surface area (Å²) in [6.45, 7) is -0.223. The molecule has 0 unspecified atom stereocenters. The first-order valence-corrected chi connectivity index (χ1v) is 5.46. The molecule has 0 aliphatic rings. The van der Waals surface area contributed by atoms with Gasteiger partial charge in [0, 0.05) is 0 Å². The largest absolute Gasteiger partial charge is 0.489 e. The summed E-state index contributed by atoms with van der Waals surface area (Å²) in [6, 6.07) is 10.4. The van der Waals surface area contributed by atoms with Crippen LogP contribution in [0.15, 0.2) is 42.5 Å². The van der Waals surface area contributed by atoms with Gasteiger partial charge in [0.15, 0.2) is 0 Å². The third-order valence-corrected chi connectivity index (χ3v) is 2.55. The third-order valence-electron chi connectivity index (χ3n) is 2.55. The highest BCUT2D eigenvalue weighted by Gasteiger charge is 2.08. The molecule has 18 heavy (non-hydrogen) atoms. The standard InChI is InChI=1S/C14H12F2O2/c15-13-2-1-3-14(16)12(13)9-18-11-6-4-10(8-17)5-7-11/h1-7,17H,8-9H2. The second-order valence-electron chi connectivity index (χ2n) is 3.79. The van der Waals surface area contributed by atoms with Gasteiger partial charge in [-0.1, -0.05) is 18.2 Å². The van der Waals surface area contributed by atoms with Gasteiger partial charge in [-0.3, -0.25) is 0 Å². The van der Waals surface area contributed by atoms with Gasteiger partial charge in [0.05, 0.1) is 12.2 Å². The van der Waals surface area contributed by atoms with Crippen LogP contribution in [-0.2, 0) is 13.2 Å². The summed E-state index contributed by atoms with van der Waals surface area (Å²) in [5.74, 6) is -0.751. The second kappa shape index (κ2) is 5.60. The lowest BCUT2D eigenvalue weighted by molar-refractivity contribution is 0.280. The third kappa shape index (κ3) is 2.84. The lowest BCUT2D eigenvalue weighted by Gasteiger charge is -2.08. The first-order chi connectivity index (χ1) is 8.70.